The molecule has 0 aromatic carbocycles. The van der Waals surface area contributed by atoms with Crippen molar-refractivity contribution >= 4 is 28.8 Å². The maximum absolute atomic E-state index is 12.3. The van der Waals surface area contributed by atoms with E-state index in [0.29, 0.717) is 4.34 Å². The monoisotopic (exact) mass is 322 g/mol. The van der Waals surface area contributed by atoms with Crippen LogP contribution in [0.3, 0.4) is 0 Å². The average Bonchev–Trinajstić information content (AvgIpc) is 2.95. The number of halogens is 1. The molecule has 110 valence electrons. The van der Waals surface area contributed by atoms with Gasteiger partial charge >= 0.3 is 0 Å². The summed E-state index contributed by atoms with van der Waals surface area (Å²) in [4.78, 5) is 20.5. The van der Waals surface area contributed by atoms with Crippen LogP contribution in [-0.4, -0.2) is 42.0 Å². The fraction of sp³-hybridized carbons (Fsp3) is 0.333. The number of pyridine rings is 1. The third kappa shape index (κ3) is 3.61. The van der Waals surface area contributed by atoms with E-state index in [9.17, 15) is 4.79 Å². The summed E-state index contributed by atoms with van der Waals surface area (Å²) >= 11 is 7.25. The van der Waals surface area contributed by atoms with Crippen molar-refractivity contribution < 1.29 is 9.69 Å². The minimum absolute atomic E-state index is 0.106. The van der Waals surface area contributed by atoms with Gasteiger partial charge in [0.05, 0.1) is 35.4 Å². The highest BCUT2D eigenvalue weighted by Crippen LogP contribution is 2.22. The molecule has 1 N–H and O–H groups in total. The van der Waals surface area contributed by atoms with E-state index >= 15 is 0 Å². The van der Waals surface area contributed by atoms with Crippen LogP contribution in [0.1, 0.15) is 15.2 Å². The molecule has 1 amide bonds. The van der Waals surface area contributed by atoms with Crippen LogP contribution in [-0.2, 0) is 6.54 Å². The normalized spacial score (nSPS) is 16.1. The van der Waals surface area contributed by atoms with Gasteiger partial charge < -0.3 is 9.80 Å². The summed E-state index contributed by atoms with van der Waals surface area (Å²) in [6.07, 6.45) is 3.66. The van der Waals surface area contributed by atoms with Crippen LogP contribution < -0.4 is 4.90 Å². The summed E-state index contributed by atoms with van der Waals surface area (Å²) in [5.74, 6) is 0.106. The lowest BCUT2D eigenvalue weighted by Crippen LogP contribution is -3.13. The maximum atomic E-state index is 12.3. The van der Waals surface area contributed by atoms with Gasteiger partial charge in [0.1, 0.15) is 6.54 Å². The summed E-state index contributed by atoms with van der Waals surface area (Å²) in [6, 6.07) is 7.70. The first-order chi connectivity index (χ1) is 10.2. The smallest absolute Gasteiger partial charge is 0.264 e. The van der Waals surface area contributed by atoms with E-state index in [-0.39, 0.29) is 5.91 Å². The van der Waals surface area contributed by atoms with Gasteiger partial charge in [0.15, 0.2) is 0 Å². The van der Waals surface area contributed by atoms with Crippen molar-refractivity contribution in [2.75, 3.05) is 26.2 Å². The van der Waals surface area contributed by atoms with Crippen molar-refractivity contribution in [3.63, 3.8) is 0 Å². The average molecular weight is 323 g/mol. The van der Waals surface area contributed by atoms with E-state index in [1.165, 1.54) is 21.8 Å². The van der Waals surface area contributed by atoms with E-state index in [1.807, 2.05) is 23.4 Å². The highest BCUT2D eigenvalue weighted by molar-refractivity contribution is 7.17. The first-order valence-electron chi connectivity index (χ1n) is 6.99. The van der Waals surface area contributed by atoms with Crippen molar-refractivity contribution in [1.29, 1.82) is 0 Å². The molecule has 1 aliphatic heterocycles. The summed E-state index contributed by atoms with van der Waals surface area (Å²) in [5, 5.41) is 0. The second-order valence-corrected chi connectivity index (χ2v) is 6.89. The van der Waals surface area contributed by atoms with Crippen LogP contribution in [0.25, 0.3) is 0 Å². The van der Waals surface area contributed by atoms with Crippen molar-refractivity contribution in [2.45, 2.75) is 6.54 Å². The van der Waals surface area contributed by atoms with Gasteiger partial charge in [0.2, 0.25) is 0 Å². The summed E-state index contributed by atoms with van der Waals surface area (Å²) in [5.41, 5.74) is 1.30. The van der Waals surface area contributed by atoms with Gasteiger partial charge in [0, 0.05) is 18.0 Å². The number of hydrogen-bond donors (Lipinski definition) is 1. The minimum Gasteiger partial charge on any atom is -0.328 e. The number of amides is 1. The highest BCUT2D eigenvalue weighted by atomic mass is 35.5. The fourth-order valence-electron chi connectivity index (χ4n) is 2.58. The number of thiophene rings is 1. The van der Waals surface area contributed by atoms with Crippen LogP contribution in [0, 0.1) is 0 Å². The third-order valence-electron chi connectivity index (χ3n) is 3.75. The molecular weight excluding hydrogens is 306 g/mol. The number of nitrogens with one attached hydrogen (secondary N) is 1. The molecule has 2 aromatic heterocycles. The predicted molar refractivity (Wildman–Crippen MR) is 83.9 cm³/mol. The second-order valence-electron chi connectivity index (χ2n) is 5.18. The van der Waals surface area contributed by atoms with Gasteiger partial charge in [-0.15, -0.1) is 11.3 Å². The number of quaternary nitrogens is 1. The van der Waals surface area contributed by atoms with Crippen molar-refractivity contribution in [3.05, 3.63) is 51.4 Å². The van der Waals surface area contributed by atoms with Crippen LogP contribution in [0.4, 0.5) is 0 Å². The van der Waals surface area contributed by atoms with Crippen LogP contribution in [0.2, 0.25) is 4.34 Å². The number of carbonyl (C=O) groups is 1. The first kappa shape index (κ1) is 14.5. The molecule has 0 spiro atoms. The number of nitrogens with zero attached hydrogens (tertiary/aromatic N) is 2. The van der Waals surface area contributed by atoms with E-state index in [2.05, 4.69) is 17.1 Å². The Morgan fingerprint density at radius 1 is 1.24 bits per heavy atom. The van der Waals surface area contributed by atoms with Gasteiger partial charge in [0.25, 0.3) is 5.91 Å². The molecular formula is C15H17ClN3OS+. The van der Waals surface area contributed by atoms with Crippen LogP contribution in [0.5, 0.6) is 0 Å². The Kier molecular flexibility index (Phi) is 4.53. The molecule has 6 heteroatoms. The Labute approximate surface area is 133 Å². The predicted octanol–water partition coefficient (Wildman–Crippen LogP) is 1.34. The molecule has 0 bridgehead atoms. The number of aromatic nitrogens is 1. The largest absolute Gasteiger partial charge is 0.328 e. The second kappa shape index (κ2) is 6.56. The fourth-order valence-corrected chi connectivity index (χ4v) is 3.59. The topological polar surface area (TPSA) is 37.6 Å². The number of carbonyl (C=O) groups excluding carboxylic acids is 1. The SMILES string of the molecule is O=C(c1ccc(Cl)s1)N1CC[NH+](Cc2ccncc2)CC1. The zero-order valence-electron chi connectivity index (χ0n) is 11.6. The Balaban J connectivity index is 1.54. The van der Waals surface area contributed by atoms with E-state index < -0.39 is 0 Å². The Hall–Kier alpha value is -1.43. The molecule has 1 fully saturated rings. The van der Waals surface area contributed by atoms with Crippen LogP contribution in [0.15, 0.2) is 36.7 Å². The van der Waals surface area contributed by atoms with Crippen LogP contribution >= 0.6 is 22.9 Å². The van der Waals surface area contributed by atoms with Crippen molar-refractivity contribution in [3.8, 4) is 0 Å². The molecule has 2 aromatic rings. The minimum atomic E-state index is 0.106. The Bertz CT molecular complexity index is 608. The van der Waals surface area contributed by atoms with Gasteiger partial charge in [-0.05, 0) is 24.3 Å². The summed E-state index contributed by atoms with van der Waals surface area (Å²) in [7, 11) is 0. The molecule has 0 saturated carbocycles. The molecule has 0 radical (unpaired) electrons. The number of rotatable bonds is 3. The summed E-state index contributed by atoms with van der Waals surface area (Å²) < 4.78 is 0.667. The van der Waals surface area contributed by atoms with Gasteiger partial charge in [-0.2, -0.15) is 0 Å². The van der Waals surface area contributed by atoms with E-state index in [1.54, 1.807) is 6.07 Å². The Morgan fingerprint density at radius 2 is 1.95 bits per heavy atom. The number of piperazine rings is 1. The summed E-state index contributed by atoms with van der Waals surface area (Å²) in [6.45, 7) is 4.55. The zero-order chi connectivity index (χ0) is 14.7. The zero-order valence-corrected chi connectivity index (χ0v) is 13.2. The quantitative estimate of drug-likeness (QED) is 0.926. The molecule has 1 saturated heterocycles. The first-order valence-corrected chi connectivity index (χ1v) is 8.19. The molecule has 3 heterocycles. The van der Waals surface area contributed by atoms with Crippen molar-refractivity contribution in [1.82, 2.24) is 9.88 Å². The van der Waals surface area contributed by atoms with Gasteiger partial charge in [-0.25, -0.2) is 0 Å². The Morgan fingerprint density at radius 3 is 2.57 bits per heavy atom. The molecule has 3 rings (SSSR count). The van der Waals surface area contributed by atoms with Crippen molar-refractivity contribution in [2.24, 2.45) is 0 Å². The van der Waals surface area contributed by atoms with E-state index in [0.717, 1.165) is 37.6 Å². The van der Waals surface area contributed by atoms with Gasteiger partial charge in [-0.3, -0.25) is 9.78 Å². The maximum Gasteiger partial charge on any atom is 0.264 e. The lowest BCUT2D eigenvalue weighted by Gasteiger charge is -2.32. The lowest BCUT2D eigenvalue weighted by molar-refractivity contribution is -0.917. The van der Waals surface area contributed by atoms with E-state index in [4.69, 9.17) is 11.6 Å². The van der Waals surface area contributed by atoms with Gasteiger partial charge in [-0.1, -0.05) is 11.6 Å². The molecule has 4 nitrogen and oxygen atoms in total. The highest BCUT2D eigenvalue weighted by Gasteiger charge is 2.25. The molecule has 0 aliphatic carbocycles. The standard InChI is InChI=1S/C15H16ClN3OS/c16-14-2-1-13(21-14)15(20)19-9-7-18(8-10-19)11-12-3-5-17-6-4-12/h1-6H,7-11H2/p+1. The molecule has 1 aliphatic rings. The molecule has 0 atom stereocenters. The lowest BCUT2D eigenvalue weighted by atomic mass is 10.2. The number of hydrogen-bond acceptors (Lipinski definition) is 3. The molecule has 0 unspecified atom stereocenters. The molecule has 21 heavy (non-hydrogen) atoms. The third-order valence-corrected chi connectivity index (χ3v) is 4.96.